The van der Waals surface area contributed by atoms with E-state index in [0.29, 0.717) is 6.42 Å². The summed E-state index contributed by atoms with van der Waals surface area (Å²) in [5.41, 5.74) is 0. The lowest BCUT2D eigenvalue weighted by molar-refractivity contribution is -0.150. The van der Waals surface area contributed by atoms with E-state index >= 15 is 0 Å². The number of hydrogen-bond donors (Lipinski definition) is 1. The number of unbranched alkanes of at least 4 members (excludes halogenated alkanes) is 16. The molecular formula is C46H78O4. The lowest BCUT2D eigenvalue weighted by Gasteiger charge is -2.18. The number of carboxylic acid groups (broad SMARTS) is 1. The zero-order chi connectivity index (χ0) is 36.4. The molecule has 0 spiro atoms. The van der Waals surface area contributed by atoms with Gasteiger partial charge in [0.15, 0.2) is 0 Å². The van der Waals surface area contributed by atoms with Crippen molar-refractivity contribution in [3.8, 4) is 0 Å². The molecule has 0 amide bonds. The maximum absolute atomic E-state index is 12.7. The highest BCUT2D eigenvalue weighted by atomic mass is 16.5. The molecule has 1 unspecified atom stereocenters. The minimum absolute atomic E-state index is 0.00783. The number of ether oxygens (including phenoxy) is 1. The van der Waals surface area contributed by atoms with Gasteiger partial charge in [-0.2, -0.15) is 0 Å². The summed E-state index contributed by atoms with van der Waals surface area (Å²) in [6.07, 6.45) is 57.8. The van der Waals surface area contributed by atoms with E-state index in [1.807, 2.05) is 0 Å². The quantitative estimate of drug-likeness (QED) is 0.0399. The van der Waals surface area contributed by atoms with Crippen LogP contribution in [0.25, 0.3) is 0 Å². The first-order valence-corrected chi connectivity index (χ1v) is 20.9. The molecule has 0 aliphatic carbocycles. The Bertz CT molecular complexity index is 922. The van der Waals surface area contributed by atoms with Crippen LogP contribution < -0.4 is 0 Å². The Kier molecular flexibility index (Phi) is 38.7. The number of carboxylic acids is 1. The van der Waals surface area contributed by atoms with Crippen LogP contribution in [0.5, 0.6) is 0 Å². The normalized spacial score (nSPS) is 13.0. The van der Waals surface area contributed by atoms with Gasteiger partial charge in [-0.25, -0.2) is 0 Å². The molecule has 1 atom stereocenters. The Morgan fingerprint density at radius 3 is 1.28 bits per heavy atom. The minimum atomic E-state index is -0.718. The van der Waals surface area contributed by atoms with Crippen LogP contribution >= 0.6 is 0 Å². The Labute approximate surface area is 309 Å². The van der Waals surface area contributed by atoms with Crippen molar-refractivity contribution < 1.29 is 19.4 Å². The van der Waals surface area contributed by atoms with Crippen LogP contribution in [0.3, 0.4) is 0 Å². The first-order valence-electron chi connectivity index (χ1n) is 20.9. The third-order valence-electron chi connectivity index (χ3n) is 8.94. The van der Waals surface area contributed by atoms with E-state index in [1.165, 1.54) is 70.6 Å². The molecule has 0 saturated carbocycles. The van der Waals surface area contributed by atoms with Gasteiger partial charge in [-0.05, 0) is 89.9 Å². The second-order valence-corrected chi connectivity index (χ2v) is 13.8. The highest BCUT2D eigenvalue weighted by molar-refractivity contribution is 5.69. The van der Waals surface area contributed by atoms with Gasteiger partial charge in [-0.1, -0.05) is 170 Å². The number of aliphatic carboxylic acids is 1. The van der Waals surface area contributed by atoms with Crippen molar-refractivity contribution in [2.75, 3.05) is 0 Å². The van der Waals surface area contributed by atoms with Crippen molar-refractivity contribution in [1.82, 2.24) is 0 Å². The highest BCUT2D eigenvalue weighted by Crippen LogP contribution is 2.18. The largest absolute Gasteiger partial charge is 0.481 e. The fourth-order valence-electron chi connectivity index (χ4n) is 5.89. The summed E-state index contributed by atoms with van der Waals surface area (Å²) in [6.45, 7) is 4.43. The average Bonchev–Trinajstić information content (AvgIpc) is 3.10. The van der Waals surface area contributed by atoms with Crippen LogP contribution in [0, 0.1) is 0 Å². The Morgan fingerprint density at radius 1 is 0.460 bits per heavy atom. The summed E-state index contributed by atoms with van der Waals surface area (Å²) in [5.74, 6) is -0.771. The van der Waals surface area contributed by atoms with Gasteiger partial charge in [0.1, 0.15) is 6.10 Å². The molecule has 0 aromatic carbocycles. The van der Waals surface area contributed by atoms with Crippen LogP contribution in [0.15, 0.2) is 72.9 Å². The molecule has 0 rings (SSSR count). The molecule has 0 aromatic heterocycles. The molecule has 50 heavy (non-hydrogen) atoms. The van der Waals surface area contributed by atoms with Crippen molar-refractivity contribution in [3.05, 3.63) is 72.9 Å². The zero-order valence-corrected chi connectivity index (χ0v) is 32.7. The molecule has 0 aromatic rings. The second kappa shape index (κ2) is 40.8. The lowest BCUT2D eigenvalue weighted by Crippen LogP contribution is -2.18. The van der Waals surface area contributed by atoms with Crippen molar-refractivity contribution in [3.63, 3.8) is 0 Å². The molecule has 0 radical (unpaired) electrons. The predicted octanol–water partition coefficient (Wildman–Crippen LogP) is 14.7. The summed E-state index contributed by atoms with van der Waals surface area (Å²) < 4.78 is 5.97. The van der Waals surface area contributed by atoms with Crippen LogP contribution in [0.1, 0.15) is 200 Å². The van der Waals surface area contributed by atoms with E-state index in [4.69, 9.17) is 9.84 Å². The van der Waals surface area contributed by atoms with E-state index in [0.717, 1.165) is 103 Å². The van der Waals surface area contributed by atoms with Gasteiger partial charge in [0, 0.05) is 12.8 Å². The van der Waals surface area contributed by atoms with Crippen molar-refractivity contribution in [2.45, 2.75) is 206 Å². The third-order valence-corrected chi connectivity index (χ3v) is 8.94. The monoisotopic (exact) mass is 695 g/mol. The van der Waals surface area contributed by atoms with Crippen LogP contribution in [-0.4, -0.2) is 23.1 Å². The van der Waals surface area contributed by atoms with Crippen molar-refractivity contribution in [2.24, 2.45) is 0 Å². The fraction of sp³-hybridized carbons (Fsp3) is 0.696. The summed E-state index contributed by atoms with van der Waals surface area (Å²) >= 11 is 0. The number of rotatable bonds is 37. The van der Waals surface area contributed by atoms with E-state index < -0.39 is 5.97 Å². The van der Waals surface area contributed by atoms with Gasteiger partial charge in [-0.3, -0.25) is 9.59 Å². The number of carbonyl (C=O) groups excluding carboxylic acids is 1. The third kappa shape index (κ3) is 39.8. The summed E-state index contributed by atoms with van der Waals surface area (Å²) in [5, 5.41) is 8.86. The van der Waals surface area contributed by atoms with Gasteiger partial charge in [-0.15, -0.1) is 0 Å². The number of carbonyl (C=O) groups is 2. The topological polar surface area (TPSA) is 63.6 Å². The molecule has 4 nitrogen and oxygen atoms in total. The first-order chi connectivity index (χ1) is 24.6. The number of allylic oxidation sites excluding steroid dienone is 12. The van der Waals surface area contributed by atoms with Crippen LogP contribution in [0.2, 0.25) is 0 Å². The zero-order valence-electron chi connectivity index (χ0n) is 32.7. The van der Waals surface area contributed by atoms with Crippen LogP contribution in [0.4, 0.5) is 0 Å². The van der Waals surface area contributed by atoms with Crippen LogP contribution in [-0.2, 0) is 14.3 Å². The predicted molar refractivity (Wildman–Crippen MR) is 218 cm³/mol. The number of esters is 1. The highest BCUT2D eigenvalue weighted by Gasteiger charge is 2.14. The Hall–Kier alpha value is -2.62. The molecule has 0 heterocycles. The molecular weight excluding hydrogens is 617 g/mol. The van der Waals surface area contributed by atoms with Gasteiger partial charge in [0.25, 0.3) is 0 Å². The van der Waals surface area contributed by atoms with Crippen molar-refractivity contribution >= 4 is 11.9 Å². The Morgan fingerprint density at radius 2 is 0.840 bits per heavy atom. The number of hydrogen-bond acceptors (Lipinski definition) is 3. The molecule has 0 fully saturated rings. The fourth-order valence-corrected chi connectivity index (χ4v) is 5.89. The molecule has 0 bridgehead atoms. The molecule has 0 aliphatic heterocycles. The first kappa shape index (κ1) is 47.4. The smallest absolute Gasteiger partial charge is 0.306 e. The van der Waals surface area contributed by atoms with Gasteiger partial charge in [0.05, 0.1) is 0 Å². The molecule has 4 heteroatoms. The van der Waals surface area contributed by atoms with Gasteiger partial charge >= 0.3 is 11.9 Å². The van der Waals surface area contributed by atoms with Crippen molar-refractivity contribution in [1.29, 1.82) is 0 Å². The Balaban J connectivity index is 4.08. The maximum Gasteiger partial charge on any atom is 0.306 e. The molecule has 1 N–H and O–H groups in total. The summed E-state index contributed by atoms with van der Waals surface area (Å²) in [4.78, 5) is 23.4. The molecule has 286 valence electrons. The SMILES string of the molecule is CC/C=C\C/C=C\C/C=C\C/C=C\C/C=C\C/C=C\CCCCC(=O)OC(CCCCCCCCCCCCCC)CCCCCCC(=O)O. The average molecular weight is 695 g/mol. The van der Waals surface area contributed by atoms with E-state index in [9.17, 15) is 9.59 Å². The summed E-state index contributed by atoms with van der Waals surface area (Å²) in [7, 11) is 0. The second-order valence-electron chi connectivity index (χ2n) is 13.8. The standard InChI is InChI=1S/C46H78O4/c1-3-5-7-9-11-13-15-17-18-19-20-21-22-23-24-25-27-29-31-33-39-43-46(49)50-44(41-37-34-35-38-42-45(47)48)40-36-32-30-28-26-16-14-12-10-8-6-4-2/h5,7,11,13,17-18,20-21,23-24,27,29,44H,3-4,6,8-10,12,14-16,19,22,25-26,28,30-43H2,1-2H3,(H,47,48)/b7-5-,13-11-,18-17-,21-20-,24-23-,29-27-. The molecule has 0 saturated heterocycles. The van der Waals surface area contributed by atoms with E-state index in [1.54, 1.807) is 0 Å². The minimum Gasteiger partial charge on any atom is -0.481 e. The summed E-state index contributed by atoms with van der Waals surface area (Å²) in [6, 6.07) is 0. The maximum atomic E-state index is 12.7. The van der Waals surface area contributed by atoms with E-state index in [-0.39, 0.29) is 18.5 Å². The lowest BCUT2D eigenvalue weighted by atomic mass is 10.0. The van der Waals surface area contributed by atoms with E-state index in [2.05, 4.69) is 86.8 Å². The van der Waals surface area contributed by atoms with Gasteiger partial charge in [0.2, 0.25) is 0 Å². The molecule has 0 aliphatic rings. The van der Waals surface area contributed by atoms with Gasteiger partial charge < -0.3 is 9.84 Å².